The molecule has 0 spiro atoms. The summed E-state index contributed by atoms with van der Waals surface area (Å²) >= 11 is 0. The molecule has 4 atom stereocenters. The van der Waals surface area contributed by atoms with Gasteiger partial charge in [0.1, 0.15) is 24.9 Å². The van der Waals surface area contributed by atoms with E-state index in [9.17, 15) is 24.0 Å². The van der Waals surface area contributed by atoms with E-state index in [1.54, 1.807) is 6.20 Å². The topological polar surface area (TPSA) is 180 Å². The van der Waals surface area contributed by atoms with Crippen molar-refractivity contribution in [2.75, 3.05) is 40.1 Å². The van der Waals surface area contributed by atoms with Gasteiger partial charge in [0.2, 0.25) is 6.10 Å². The molecule has 0 aromatic carbocycles. The van der Waals surface area contributed by atoms with E-state index in [1.807, 2.05) is 0 Å². The zero-order chi connectivity index (χ0) is 28.1. The van der Waals surface area contributed by atoms with Gasteiger partial charge in [-0.15, -0.1) is 0 Å². The maximum atomic E-state index is 12.2. The van der Waals surface area contributed by atoms with Crippen LogP contribution in [0.1, 0.15) is 43.3 Å². The average molecular weight is 542 g/mol. The quantitative estimate of drug-likeness (QED) is 0.129. The number of methoxy groups -OCH3 is 1. The van der Waals surface area contributed by atoms with E-state index in [2.05, 4.69) is 0 Å². The summed E-state index contributed by atoms with van der Waals surface area (Å²) in [7, 11) is 1.54. The lowest BCUT2D eigenvalue weighted by Crippen LogP contribution is -2.48. The Labute approximate surface area is 219 Å². The lowest BCUT2D eigenvalue weighted by Gasteiger charge is -2.21. The van der Waals surface area contributed by atoms with Gasteiger partial charge >= 0.3 is 30.1 Å². The molecule has 1 amide bonds. The first-order chi connectivity index (χ1) is 18.1. The molecule has 14 heteroatoms. The molecule has 0 unspecified atom stereocenters. The number of nitrogens with zero attached hydrogens (tertiary/aromatic N) is 1. The minimum absolute atomic E-state index is 0.0329. The molecule has 0 radical (unpaired) electrons. The monoisotopic (exact) mass is 541 g/mol. The summed E-state index contributed by atoms with van der Waals surface area (Å²) in [5.41, 5.74) is 5.51. The summed E-state index contributed by atoms with van der Waals surface area (Å²) in [6.07, 6.45) is -1.88. The summed E-state index contributed by atoms with van der Waals surface area (Å²) in [6, 6.07) is 3.02. The molecule has 210 valence electrons. The van der Waals surface area contributed by atoms with Crippen LogP contribution in [0.3, 0.4) is 0 Å². The van der Waals surface area contributed by atoms with E-state index in [4.69, 9.17) is 38.9 Å². The molecule has 38 heavy (non-hydrogen) atoms. The van der Waals surface area contributed by atoms with Crippen molar-refractivity contribution in [3.63, 3.8) is 0 Å². The lowest BCUT2D eigenvalue weighted by atomic mass is 10.1. The fraction of sp³-hybridized carbons (Fsp3) is 0.583. The van der Waals surface area contributed by atoms with Crippen molar-refractivity contribution in [1.82, 2.24) is 0 Å². The van der Waals surface area contributed by atoms with Gasteiger partial charge in [-0.05, 0) is 6.07 Å². The van der Waals surface area contributed by atoms with Gasteiger partial charge in [-0.3, -0.25) is 24.0 Å². The highest BCUT2D eigenvalue weighted by Gasteiger charge is 2.54. The van der Waals surface area contributed by atoms with Crippen molar-refractivity contribution < 1.29 is 61.7 Å². The Morgan fingerprint density at radius 2 is 1.55 bits per heavy atom. The maximum absolute atomic E-state index is 12.2. The van der Waals surface area contributed by atoms with Gasteiger partial charge < -0.3 is 38.9 Å². The summed E-state index contributed by atoms with van der Waals surface area (Å²) in [6.45, 7) is 2.98. The molecule has 0 aliphatic carbocycles. The molecule has 1 aromatic rings. The normalized spacial score (nSPS) is 20.4. The van der Waals surface area contributed by atoms with Gasteiger partial charge in [-0.1, -0.05) is 0 Å². The maximum Gasteiger partial charge on any atom is 0.306 e. The Morgan fingerprint density at radius 3 is 2.18 bits per heavy atom. The van der Waals surface area contributed by atoms with E-state index in [1.165, 1.54) is 36.9 Å². The summed E-state index contributed by atoms with van der Waals surface area (Å²) in [5.74, 6) is -3.38. The Hall–Kier alpha value is -3.62. The second kappa shape index (κ2) is 15.6. The number of esters is 4. The van der Waals surface area contributed by atoms with Crippen LogP contribution in [-0.2, 0) is 52.3 Å². The predicted molar refractivity (Wildman–Crippen MR) is 124 cm³/mol. The number of primary amides is 1. The molecule has 2 rings (SSSR count). The largest absolute Gasteiger partial charge is 0.463 e. The average Bonchev–Trinajstić information content (AvgIpc) is 3.19. The van der Waals surface area contributed by atoms with Gasteiger partial charge in [-0.2, -0.15) is 4.57 Å². The fourth-order valence-electron chi connectivity index (χ4n) is 3.51. The van der Waals surface area contributed by atoms with Crippen LogP contribution in [0.5, 0.6) is 0 Å². The molecule has 1 aliphatic rings. The smallest absolute Gasteiger partial charge is 0.306 e. The van der Waals surface area contributed by atoms with Crippen LogP contribution in [0, 0.1) is 0 Å². The molecular formula is C24H33N2O12+. The van der Waals surface area contributed by atoms with Crippen molar-refractivity contribution >= 4 is 29.8 Å². The number of ether oxygens (including phenoxy) is 7. The molecule has 2 N–H and O–H groups in total. The fourth-order valence-corrected chi connectivity index (χ4v) is 3.51. The van der Waals surface area contributed by atoms with Crippen LogP contribution in [-0.4, -0.2) is 88.2 Å². The number of rotatable bonds is 15. The summed E-state index contributed by atoms with van der Waals surface area (Å²) in [4.78, 5) is 59.2. The van der Waals surface area contributed by atoms with Crippen molar-refractivity contribution in [2.24, 2.45) is 5.73 Å². The molecule has 0 bridgehead atoms. The van der Waals surface area contributed by atoms with E-state index < -0.39 is 54.3 Å². The van der Waals surface area contributed by atoms with Crippen LogP contribution in [0.25, 0.3) is 0 Å². The lowest BCUT2D eigenvalue weighted by molar-refractivity contribution is -0.765. The van der Waals surface area contributed by atoms with E-state index in [-0.39, 0.29) is 38.2 Å². The molecule has 1 aliphatic heterocycles. The number of pyridine rings is 1. The van der Waals surface area contributed by atoms with Crippen LogP contribution in [0.15, 0.2) is 24.5 Å². The first-order valence-electron chi connectivity index (χ1n) is 11.8. The number of aromatic nitrogens is 1. The standard InChI is InChI=1S/C24H32N2O12/c1-15(27)36-21-18(14-35-20(30)7-6-19(29)34-12-11-33-10-9-32-3)38-24(22(21)37-16(2)28)26-8-4-5-17(13-26)23(25)31/h4-5,8,13,18,21-22,24H,6-7,9-12,14H2,1-3H3,(H-,25,31)/p+1/t18-,21-,22-,24-/m1/s1. The predicted octanol–water partition coefficient (Wildman–Crippen LogP) is -0.637. The molecule has 1 fully saturated rings. The van der Waals surface area contributed by atoms with E-state index in [0.29, 0.717) is 13.2 Å². The Morgan fingerprint density at radius 1 is 0.921 bits per heavy atom. The van der Waals surface area contributed by atoms with Crippen molar-refractivity contribution in [1.29, 1.82) is 0 Å². The second-order valence-corrected chi connectivity index (χ2v) is 8.13. The molecule has 14 nitrogen and oxygen atoms in total. The third kappa shape index (κ3) is 10.0. The molecule has 1 aromatic heterocycles. The first kappa shape index (κ1) is 30.6. The zero-order valence-electron chi connectivity index (χ0n) is 21.5. The highest BCUT2D eigenvalue weighted by molar-refractivity contribution is 5.92. The van der Waals surface area contributed by atoms with Gasteiger partial charge in [-0.25, -0.2) is 0 Å². The Balaban J connectivity index is 1.99. The highest BCUT2D eigenvalue weighted by Crippen LogP contribution is 2.31. The number of amides is 1. The van der Waals surface area contributed by atoms with Gasteiger partial charge in [0.25, 0.3) is 5.91 Å². The summed E-state index contributed by atoms with van der Waals surface area (Å²) in [5, 5.41) is 0. The van der Waals surface area contributed by atoms with E-state index in [0.717, 1.165) is 6.92 Å². The minimum Gasteiger partial charge on any atom is -0.463 e. The van der Waals surface area contributed by atoms with Gasteiger partial charge in [0, 0.05) is 27.0 Å². The van der Waals surface area contributed by atoms with Crippen LogP contribution in [0.4, 0.5) is 0 Å². The molecule has 0 saturated carbocycles. The van der Waals surface area contributed by atoms with Crippen molar-refractivity contribution in [3.05, 3.63) is 30.1 Å². The number of carbonyl (C=O) groups is 5. The number of nitrogens with two attached hydrogens (primary N) is 1. The van der Waals surface area contributed by atoms with E-state index >= 15 is 0 Å². The van der Waals surface area contributed by atoms with Gasteiger partial charge in [0.15, 0.2) is 18.5 Å². The van der Waals surface area contributed by atoms with Crippen LogP contribution >= 0.6 is 0 Å². The number of hydrogen-bond acceptors (Lipinski definition) is 12. The molecular weight excluding hydrogens is 508 g/mol. The summed E-state index contributed by atoms with van der Waals surface area (Å²) < 4.78 is 38.3. The van der Waals surface area contributed by atoms with Gasteiger partial charge in [0.05, 0.1) is 32.7 Å². The van der Waals surface area contributed by atoms with Crippen LogP contribution in [0.2, 0.25) is 0 Å². The highest BCUT2D eigenvalue weighted by atomic mass is 16.7. The van der Waals surface area contributed by atoms with Crippen LogP contribution < -0.4 is 10.3 Å². The van der Waals surface area contributed by atoms with Crippen molar-refractivity contribution in [3.8, 4) is 0 Å². The SMILES string of the molecule is COCCOCCOC(=O)CCC(=O)OC[C@H]1O[C@@H]([n+]2cccc(C(N)=O)c2)[C@H](OC(C)=O)[C@@H]1OC(C)=O. The Kier molecular flexibility index (Phi) is 12.6. The first-order valence-corrected chi connectivity index (χ1v) is 11.8. The third-order valence-electron chi connectivity index (χ3n) is 5.15. The molecule has 2 heterocycles. The van der Waals surface area contributed by atoms with Crippen molar-refractivity contribution in [2.45, 2.75) is 51.2 Å². The third-order valence-corrected chi connectivity index (χ3v) is 5.15. The molecule has 1 saturated heterocycles. The minimum atomic E-state index is -1.14. The number of hydrogen-bond donors (Lipinski definition) is 1. The number of carbonyl (C=O) groups excluding carboxylic acids is 5. The second-order valence-electron chi connectivity index (χ2n) is 8.13. The zero-order valence-corrected chi connectivity index (χ0v) is 21.5. The Bertz CT molecular complexity index is 985.